The van der Waals surface area contributed by atoms with E-state index in [4.69, 9.17) is 4.99 Å². The van der Waals surface area contributed by atoms with E-state index in [1.54, 1.807) is 0 Å². The topological polar surface area (TPSA) is 20.5 Å². The third-order valence-corrected chi connectivity index (χ3v) is 14.1. The summed E-state index contributed by atoms with van der Waals surface area (Å²) in [7, 11) is 2.25. The third-order valence-electron chi connectivity index (χ3n) is 14.1. The molecule has 4 aliphatic carbocycles. The van der Waals surface area contributed by atoms with E-state index < -0.39 is 5.41 Å². The fraction of sp³-hybridized carbons (Fsp3) is 0.218. The summed E-state index contributed by atoms with van der Waals surface area (Å²) in [4.78, 5) is 8.16. The summed E-state index contributed by atoms with van der Waals surface area (Å²) in [6.45, 7) is 7.11. The van der Waals surface area contributed by atoms with E-state index in [0.717, 1.165) is 19.3 Å². The first-order valence-electron chi connectivity index (χ1n) is 21.1. The molecule has 0 fully saturated rings. The molecule has 2 heterocycles. The maximum atomic E-state index is 5.70. The van der Waals surface area contributed by atoms with Gasteiger partial charge in [-0.05, 0) is 101 Å². The zero-order valence-electron chi connectivity index (χ0n) is 33.9. The van der Waals surface area contributed by atoms with Gasteiger partial charge in [0.05, 0.1) is 16.4 Å². The van der Waals surface area contributed by atoms with Crippen molar-refractivity contribution >= 4 is 33.1 Å². The van der Waals surface area contributed by atoms with Gasteiger partial charge in [-0.2, -0.15) is 0 Å². The van der Waals surface area contributed by atoms with Crippen molar-refractivity contribution in [3.05, 3.63) is 209 Å². The van der Waals surface area contributed by atoms with E-state index in [0.29, 0.717) is 12.0 Å². The Morgan fingerprint density at radius 1 is 0.690 bits per heavy atom. The van der Waals surface area contributed by atoms with Crippen molar-refractivity contribution < 1.29 is 0 Å². The highest BCUT2D eigenvalue weighted by Gasteiger charge is 2.48. The monoisotopic (exact) mass is 751 g/mol. The average Bonchev–Trinajstić information content (AvgIpc) is 3.75. The number of nitrogens with zero attached hydrogens (tertiary/aromatic N) is 3. The van der Waals surface area contributed by atoms with Crippen LogP contribution in [0.4, 0.5) is 0 Å². The Hall–Kier alpha value is -6.03. The number of fused-ring (bicyclic) bond motifs is 7. The molecule has 284 valence electrons. The number of aliphatic imine (C=N–C) groups is 1. The second kappa shape index (κ2) is 13.3. The van der Waals surface area contributed by atoms with E-state index >= 15 is 0 Å². The summed E-state index contributed by atoms with van der Waals surface area (Å²) >= 11 is 0. The van der Waals surface area contributed by atoms with Crippen LogP contribution in [0.1, 0.15) is 74.1 Å². The number of allylic oxidation sites excluding steroid dienone is 12. The van der Waals surface area contributed by atoms with Gasteiger partial charge in [-0.15, -0.1) is 0 Å². The fourth-order valence-electron chi connectivity index (χ4n) is 11.0. The van der Waals surface area contributed by atoms with E-state index in [1.165, 1.54) is 83.2 Å². The summed E-state index contributed by atoms with van der Waals surface area (Å²) in [6.07, 6.45) is 23.3. The van der Waals surface area contributed by atoms with Gasteiger partial charge in [0.2, 0.25) is 0 Å². The van der Waals surface area contributed by atoms with Crippen molar-refractivity contribution in [1.29, 1.82) is 0 Å². The highest BCUT2D eigenvalue weighted by molar-refractivity contribution is 6.09. The first kappa shape index (κ1) is 35.2. The number of hydrogen-bond acceptors (Lipinski definition) is 2. The quantitative estimate of drug-likeness (QED) is 0.172. The van der Waals surface area contributed by atoms with Crippen molar-refractivity contribution in [2.45, 2.75) is 57.8 Å². The van der Waals surface area contributed by atoms with Gasteiger partial charge in [0.25, 0.3) is 0 Å². The Balaban J connectivity index is 1.07. The molecule has 1 aliphatic heterocycles. The standard InChI is InChI=1S/C55H49N3/c1-36-15-5-9-20-47(36)55(48-21-10-6-17-43(48)44-18-7-11-22-49(44)55)42-30-31-46-45-19-8-12-23-51(45)58(52(46)34-42)53-56-50(33-37(2)57(53)4)39-26-24-38(25-27-39)40-28-29-41-16-13-14-32-54(41,3)35-40/h5-14,16-32,34,36-37,53H,15,33,35H2,1-4H3. The van der Waals surface area contributed by atoms with Crippen molar-refractivity contribution in [3.63, 3.8) is 0 Å². The van der Waals surface area contributed by atoms with Crippen LogP contribution in [0.3, 0.4) is 0 Å². The maximum Gasteiger partial charge on any atom is 0.183 e. The third kappa shape index (κ3) is 5.12. The second-order valence-corrected chi connectivity index (χ2v) is 17.5. The minimum absolute atomic E-state index is 0.0488. The van der Waals surface area contributed by atoms with Crippen molar-refractivity contribution in [3.8, 4) is 11.1 Å². The van der Waals surface area contributed by atoms with Gasteiger partial charge in [0, 0.05) is 34.4 Å². The van der Waals surface area contributed by atoms with Crippen molar-refractivity contribution in [1.82, 2.24) is 9.47 Å². The lowest BCUT2D eigenvalue weighted by Gasteiger charge is -2.40. The van der Waals surface area contributed by atoms with E-state index in [9.17, 15) is 0 Å². The molecule has 0 saturated heterocycles. The average molecular weight is 752 g/mol. The summed E-state index contributed by atoms with van der Waals surface area (Å²) < 4.78 is 2.53. The lowest BCUT2D eigenvalue weighted by Crippen LogP contribution is -2.41. The van der Waals surface area contributed by atoms with Crippen LogP contribution in [0.15, 0.2) is 186 Å². The van der Waals surface area contributed by atoms with Crippen LogP contribution in [-0.4, -0.2) is 28.3 Å². The molecule has 0 bridgehead atoms. The van der Waals surface area contributed by atoms with Crippen LogP contribution in [0, 0.1) is 11.3 Å². The molecule has 1 aromatic heterocycles. The van der Waals surface area contributed by atoms with Crippen molar-refractivity contribution in [2.75, 3.05) is 7.05 Å². The predicted octanol–water partition coefficient (Wildman–Crippen LogP) is 13.1. The molecule has 0 spiro atoms. The highest BCUT2D eigenvalue weighted by Crippen LogP contribution is 2.59. The Kier molecular flexibility index (Phi) is 8.04. The first-order chi connectivity index (χ1) is 28.3. The minimum Gasteiger partial charge on any atom is -0.305 e. The molecule has 4 unspecified atom stereocenters. The molecule has 0 N–H and O–H groups in total. The second-order valence-electron chi connectivity index (χ2n) is 17.5. The predicted molar refractivity (Wildman–Crippen MR) is 243 cm³/mol. The van der Waals surface area contributed by atoms with Gasteiger partial charge in [0.1, 0.15) is 0 Å². The van der Waals surface area contributed by atoms with Gasteiger partial charge >= 0.3 is 0 Å². The molecule has 0 saturated carbocycles. The van der Waals surface area contributed by atoms with E-state index in [1.807, 2.05) is 0 Å². The van der Waals surface area contributed by atoms with Gasteiger partial charge in [-0.25, -0.2) is 4.99 Å². The smallest absolute Gasteiger partial charge is 0.183 e. The zero-order valence-corrected chi connectivity index (χ0v) is 33.9. The molecular formula is C55H49N3. The molecule has 3 heteroatoms. The summed E-state index contributed by atoms with van der Waals surface area (Å²) in [5.41, 5.74) is 16.7. The Bertz CT molecular complexity index is 2840. The van der Waals surface area contributed by atoms with Gasteiger partial charge in [-0.3, -0.25) is 4.90 Å². The van der Waals surface area contributed by atoms with Crippen LogP contribution >= 0.6 is 0 Å². The molecule has 5 aliphatic rings. The molecular weight excluding hydrogens is 703 g/mol. The molecule has 6 aromatic rings. The molecule has 58 heavy (non-hydrogen) atoms. The molecule has 4 atom stereocenters. The lowest BCUT2D eigenvalue weighted by atomic mass is 9.63. The van der Waals surface area contributed by atoms with Gasteiger partial charge in [0.15, 0.2) is 6.29 Å². The summed E-state index contributed by atoms with van der Waals surface area (Å²) in [5, 5.41) is 2.53. The largest absolute Gasteiger partial charge is 0.305 e. The van der Waals surface area contributed by atoms with Gasteiger partial charge < -0.3 is 4.57 Å². The molecule has 5 aromatic carbocycles. The summed E-state index contributed by atoms with van der Waals surface area (Å²) in [6, 6.07) is 44.0. The van der Waals surface area contributed by atoms with Crippen LogP contribution in [0.25, 0.3) is 38.5 Å². The molecule has 0 radical (unpaired) electrons. The van der Waals surface area contributed by atoms with Crippen molar-refractivity contribution in [2.24, 2.45) is 16.3 Å². The fourth-order valence-corrected chi connectivity index (χ4v) is 11.0. The Morgan fingerprint density at radius 3 is 2.17 bits per heavy atom. The number of rotatable bonds is 5. The SMILES string of the molecule is CC1CC=CC=C1C1(c2ccc3c4ccccc4n(C4N=C(c5ccc(C6=CC=C7C=CC=CC7(C)C6)cc5)CC(C)N4C)c3c2)c2ccccc2-c2ccccc21. The first-order valence-corrected chi connectivity index (χ1v) is 21.1. The van der Waals surface area contributed by atoms with E-state index in [2.05, 4.69) is 207 Å². The molecule has 0 amide bonds. The Morgan fingerprint density at radius 2 is 1.40 bits per heavy atom. The number of para-hydroxylation sites is 1. The Labute approximate surface area is 342 Å². The normalized spacial score (nSPS) is 24.5. The highest BCUT2D eigenvalue weighted by atomic mass is 15.4. The lowest BCUT2D eigenvalue weighted by molar-refractivity contribution is 0.134. The number of aromatic nitrogens is 1. The number of hydrogen-bond donors (Lipinski definition) is 0. The van der Waals surface area contributed by atoms with Crippen LogP contribution in [0.2, 0.25) is 0 Å². The van der Waals surface area contributed by atoms with Crippen LogP contribution < -0.4 is 0 Å². The van der Waals surface area contributed by atoms with E-state index in [-0.39, 0.29) is 11.7 Å². The minimum atomic E-state index is -0.415. The van der Waals surface area contributed by atoms with Crippen LogP contribution in [-0.2, 0) is 5.41 Å². The zero-order chi connectivity index (χ0) is 39.2. The summed E-state index contributed by atoms with van der Waals surface area (Å²) in [5.74, 6) is 0.391. The van der Waals surface area contributed by atoms with Crippen LogP contribution in [0.5, 0.6) is 0 Å². The molecule has 11 rings (SSSR count). The maximum absolute atomic E-state index is 5.70. The van der Waals surface area contributed by atoms with Gasteiger partial charge in [-0.1, -0.05) is 172 Å². The molecule has 3 nitrogen and oxygen atoms in total. The number of benzene rings is 5.